The van der Waals surface area contributed by atoms with E-state index in [0.29, 0.717) is 0 Å². The Balaban J connectivity index is 3.02. The van der Waals surface area contributed by atoms with Crippen LogP contribution in [-0.4, -0.2) is 11.4 Å². The standard InChI is InChI=1S/C12H16O2/c1-12(2,3)11(8-13)9-4-6-10(14)7-5-9/h4-8,11,14H,1-3H3. The first kappa shape index (κ1) is 10.8. The van der Waals surface area contributed by atoms with Gasteiger partial charge in [-0.25, -0.2) is 0 Å². The first-order chi connectivity index (χ1) is 6.45. The Kier molecular flexibility index (Phi) is 2.94. The summed E-state index contributed by atoms with van der Waals surface area (Å²) in [7, 11) is 0. The first-order valence-electron chi connectivity index (χ1n) is 4.69. The molecule has 0 aromatic heterocycles. The summed E-state index contributed by atoms with van der Waals surface area (Å²) in [5, 5.41) is 9.13. The smallest absolute Gasteiger partial charge is 0.127 e. The molecule has 0 aliphatic rings. The normalized spacial score (nSPS) is 13.6. The van der Waals surface area contributed by atoms with E-state index in [2.05, 4.69) is 0 Å². The highest BCUT2D eigenvalue weighted by Gasteiger charge is 2.25. The third kappa shape index (κ3) is 2.34. The van der Waals surface area contributed by atoms with Crippen molar-refractivity contribution in [3.05, 3.63) is 29.8 Å². The number of phenolic OH excluding ortho intramolecular Hbond substituents is 1. The van der Waals surface area contributed by atoms with Gasteiger partial charge in [-0.05, 0) is 23.1 Å². The lowest BCUT2D eigenvalue weighted by atomic mass is 9.77. The summed E-state index contributed by atoms with van der Waals surface area (Å²) in [4.78, 5) is 11.0. The van der Waals surface area contributed by atoms with E-state index in [4.69, 9.17) is 5.11 Å². The molecule has 0 fully saturated rings. The van der Waals surface area contributed by atoms with Crippen LogP contribution in [-0.2, 0) is 4.79 Å². The number of hydrogen-bond donors (Lipinski definition) is 1. The summed E-state index contributed by atoms with van der Waals surface area (Å²) in [5.41, 5.74) is 0.865. The Morgan fingerprint density at radius 2 is 1.71 bits per heavy atom. The molecule has 1 aromatic carbocycles. The van der Waals surface area contributed by atoms with E-state index < -0.39 is 0 Å². The van der Waals surface area contributed by atoms with Crippen LogP contribution >= 0.6 is 0 Å². The number of aldehydes is 1. The molecule has 0 saturated carbocycles. The lowest BCUT2D eigenvalue weighted by Crippen LogP contribution is -2.19. The van der Waals surface area contributed by atoms with E-state index in [1.807, 2.05) is 20.8 Å². The topological polar surface area (TPSA) is 37.3 Å². The molecule has 1 rings (SSSR count). The van der Waals surface area contributed by atoms with Crippen molar-refractivity contribution in [2.45, 2.75) is 26.7 Å². The fourth-order valence-electron chi connectivity index (χ4n) is 1.46. The van der Waals surface area contributed by atoms with Gasteiger partial charge in [-0.3, -0.25) is 0 Å². The lowest BCUT2D eigenvalue weighted by molar-refractivity contribution is -0.111. The summed E-state index contributed by atoms with van der Waals surface area (Å²) >= 11 is 0. The van der Waals surface area contributed by atoms with Crippen LogP contribution in [0, 0.1) is 5.41 Å². The Morgan fingerprint density at radius 3 is 2.07 bits per heavy atom. The molecular formula is C12H16O2. The molecule has 0 radical (unpaired) electrons. The van der Waals surface area contributed by atoms with E-state index in [1.165, 1.54) is 0 Å². The molecular weight excluding hydrogens is 176 g/mol. The molecule has 0 heterocycles. The number of carbonyl (C=O) groups excluding carboxylic acids is 1. The number of rotatable bonds is 2. The van der Waals surface area contributed by atoms with Crippen molar-refractivity contribution in [2.75, 3.05) is 0 Å². The van der Waals surface area contributed by atoms with Crippen molar-refractivity contribution in [3.8, 4) is 5.75 Å². The predicted molar refractivity (Wildman–Crippen MR) is 56.4 cm³/mol. The van der Waals surface area contributed by atoms with Crippen molar-refractivity contribution in [1.29, 1.82) is 0 Å². The maximum absolute atomic E-state index is 11.0. The van der Waals surface area contributed by atoms with Gasteiger partial charge in [0.05, 0.1) is 0 Å². The number of aromatic hydroxyl groups is 1. The molecule has 0 saturated heterocycles. The average molecular weight is 192 g/mol. The van der Waals surface area contributed by atoms with Crippen LogP contribution in [0.4, 0.5) is 0 Å². The molecule has 14 heavy (non-hydrogen) atoms. The van der Waals surface area contributed by atoms with Gasteiger partial charge in [-0.1, -0.05) is 32.9 Å². The monoisotopic (exact) mass is 192 g/mol. The van der Waals surface area contributed by atoms with Crippen LogP contribution in [0.2, 0.25) is 0 Å². The van der Waals surface area contributed by atoms with Crippen LogP contribution in [0.15, 0.2) is 24.3 Å². The summed E-state index contributed by atoms with van der Waals surface area (Å²) < 4.78 is 0. The van der Waals surface area contributed by atoms with Crippen LogP contribution < -0.4 is 0 Å². The van der Waals surface area contributed by atoms with E-state index in [-0.39, 0.29) is 17.1 Å². The van der Waals surface area contributed by atoms with Crippen molar-refractivity contribution in [1.82, 2.24) is 0 Å². The molecule has 2 heteroatoms. The SMILES string of the molecule is CC(C)(C)C(C=O)c1ccc(O)cc1. The molecule has 0 aliphatic heterocycles. The molecule has 1 N–H and O–H groups in total. The summed E-state index contributed by atoms with van der Waals surface area (Å²) in [6.07, 6.45) is 0.965. The van der Waals surface area contributed by atoms with Crippen molar-refractivity contribution < 1.29 is 9.90 Å². The van der Waals surface area contributed by atoms with E-state index >= 15 is 0 Å². The Hall–Kier alpha value is -1.31. The van der Waals surface area contributed by atoms with Gasteiger partial charge in [0.15, 0.2) is 0 Å². The van der Waals surface area contributed by atoms with Crippen LogP contribution in [0.5, 0.6) is 5.75 Å². The van der Waals surface area contributed by atoms with Gasteiger partial charge in [-0.15, -0.1) is 0 Å². The second kappa shape index (κ2) is 3.82. The van der Waals surface area contributed by atoms with Gasteiger partial charge >= 0.3 is 0 Å². The van der Waals surface area contributed by atoms with Crippen molar-refractivity contribution in [3.63, 3.8) is 0 Å². The zero-order valence-electron chi connectivity index (χ0n) is 8.82. The molecule has 1 aromatic rings. The lowest BCUT2D eigenvalue weighted by Gasteiger charge is -2.26. The van der Waals surface area contributed by atoms with Crippen LogP contribution in [0.25, 0.3) is 0 Å². The van der Waals surface area contributed by atoms with Crippen molar-refractivity contribution in [2.24, 2.45) is 5.41 Å². The van der Waals surface area contributed by atoms with Gasteiger partial charge in [0.2, 0.25) is 0 Å². The molecule has 0 bridgehead atoms. The minimum Gasteiger partial charge on any atom is -0.508 e. The second-order valence-electron chi connectivity index (χ2n) is 4.57. The third-order valence-corrected chi connectivity index (χ3v) is 2.32. The average Bonchev–Trinajstić information content (AvgIpc) is 2.07. The second-order valence-corrected chi connectivity index (χ2v) is 4.57. The molecule has 2 nitrogen and oxygen atoms in total. The first-order valence-corrected chi connectivity index (χ1v) is 4.69. The summed E-state index contributed by atoms with van der Waals surface area (Å²) in [6.45, 7) is 6.08. The summed E-state index contributed by atoms with van der Waals surface area (Å²) in [6, 6.07) is 6.80. The Bertz CT molecular complexity index is 306. The van der Waals surface area contributed by atoms with E-state index in [0.717, 1.165) is 11.8 Å². The van der Waals surface area contributed by atoms with E-state index in [9.17, 15) is 4.79 Å². The number of carbonyl (C=O) groups is 1. The highest BCUT2D eigenvalue weighted by atomic mass is 16.3. The number of phenols is 1. The highest BCUT2D eigenvalue weighted by Crippen LogP contribution is 2.33. The van der Waals surface area contributed by atoms with Gasteiger partial charge < -0.3 is 9.90 Å². The molecule has 1 unspecified atom stereocenters. The van der Waals surface area contributed by atoms with Gasteiger partial charge in [0, 0.05) is 5.92 Å². The largest absolute Gasteiger partial charge is 0.508 e. The predicted octanol–water partition coefficient (Wildman–Crippen LogP) is 2.72. The van der Waals surface area contributed by atoms with Gasteiger partial charge in [0.25, 0.3) is 0 Å². The van der Waals surface area contributed by atoms with Gasteiger partial charge in [0.1, 0.15) is 12.0 Å². The van der Waals surface area contributed by atoms with Crippen LogP contribution in [0.1, 0.15) is 32.3 Å². The van der Waals surface area contributed by atoms with E-state index in [1.54, 1.807) is 24.3 Å². The molecule has 0 amide bonds. The molecule has 0 spiro atoms. The molecule has 0 aliphatic carbocycles. The maximum atomic E-state index is 11.0. The zero-order valence-corrected chi connectivity index (χ0v) is 8.82. The third-order valence-electron chi connectivity index (χ3n) is 2.32. The molecule has 1 atom stereocenters. The Labute approximate surface area is 84.6 Å². The minimum absolute atomic E-state index is 0.0846. The van der Waals surface area contributed by atoms with Crippen molar-refractivity contribution >= 4 is 6.29 Å². The van der Waals surface area contributed by atoms with Crippen LogP contribution in [0.3, 0.4) is 0 Å². The maximum Gasteiger partial charge on any atom is 0.127 e. The zero-order chi connectivity index (χ0) is 10.8. The van der Waals surface area contributed by atoms with Gasteiger partial charge in [-0.2, -0.15) is 0 Å². The number of benzene rings is 1. The quantitative estimate of drug-likeness (QED) is 0.731. The summed E-state index contributed by atoms with van der Waals surface area (Å²) in [5.74, 6) is 0.107. The minimum atomic E-state index is -0.122. The number of hydrogen-bond acceptors (Lipinski definition) is 2. The Morgan fingerprint density at radius 1 is 1.21 bits per heavy atom. The fraction of sp³-hybridized carbons (Fsp3) is 0.417. The fourth-order valence-corrected chi connectivity index (χ4v) is 1.46. The highest BCUT2D eigenvalue weighted by molar-refractivity contribution is 5.63. The molecule has 76 valence electrons.